The first kappa shape index (κ1) is 14.2. The van der Waals surface area contributed by atoms with Crippen LogP contribution in [0.3, 0.4) is 0 Å². The molecule has 0 amide bonds. The summed E-state index contributed by atoms with van der Waals surface area (Å²) in [6.07, 6.45) is 0. The molecule has 110 valence electrons. The van der Waals surface area contributed by atoms with E-state index in [-0.39, 0.29) is 12.8 Å². The number of halogens is 1. The molecule has 21 heavy (non-hydrogen) atoms. The van der Waals surface area contributed by atoms with E-state index in [0.29, 0.717) is 6.61 Å². The van der Waals surface area contributed by atoms with Gasteiger partial charge in [0.25, 0.3) is 0 Å². The molecule has 2 aromatic rings. The number of hydrogen-bond acceptors (Lipinski definition) is 4. The number of benzene rings is 2. The smallest absolute Gasteiger partial charge is 0.231 e. The minimum Gasteiger partial charge on any atom is -0.488 e. The van der Waals surface area contributed by atoms with Crippen LogP contribution in [-0.4, -0.2) is 6.79 Å². The number of fused-ring (bicyclic) bond motifs is 1. The molecule has 0 aromatic heterocycles. The summed E-state index contributed by atoms with van der Waals surface area (Å²) in [5.74, 6) is 2.33. The van der Waals surface area contributed by atoms with E-state index in [1.165, 1.54) is 0 Å². The van der Waals surface area contributed by atoms with Crippen molar-refractivity contribution in [1.82, 2.24) is 0 Å². The molecule has 3 rings (SSSR count). The predicted molar refractivity (Wildman–Crippen MR) is 83.6 cm³/mol. The highest BCUT2D eigenvalue weighted by Crippen LogP contribution is 2.33. The van der Waals surface area contributed by atoms with Crippen LogP contribution in [0, 0.1) is 0 Å². The Morgan fingerprint density at radius 2 is 2.00 bits per heavy atom. The highest BCUT2D eigenvalue weighted by atomic mass is 79.9. The molecule has 5 heteroatoms. The van der Waals surface area contributed by atoms with Crippen molar-refractivity contribution in [2.45, 2.75) is 19.6 Å². The van der Waals surface area contributed by atoms with Crippen LogP contribution in [0.2, 0.25) is 0 Å². The lowest BCUT2D eigenvalue weighted by atomic mass is 10.1. The van der Waals surface area contributed by atoms with Crippen molar-refractivity contribution in [3.8, 4) is 17.2 Å². The van der Waals surface area contributed by atoms with Crippen molar-refractivity contribution in [3.63, 3.8) is 0 Å². The molecule has 1 atom stereocenters. The van der Waals surface area contributed by atoms with Gasteiger partial charge in [-0.3, -0.25) is 0 Å². The van der Waals surface area contributed by atoms with E-state index in [2.05, 4.69) is 15.9 Å². The highest BCUT2D eigenvalue weighted by molar-refractivity contribution is 9.10. The predicted octanol–water partition coefficient (Wildman–Crippen LogP) is 3.78. The monoisotopic (exact) mass is 349 g/mol. The highest BCUT2D eigenvalue weighted by Gasteiger charge is 2.13. The lowest BCUT2D eigenvalue weighted by Crippen LogP contribution is -2.05. The first-order valence-electron chi connectivity index (χ1n) is 6.70. The standard InChI is InChI=1S/C16H16BrNO3/c1-10(18)12-3-5-14(13(17)7-12)19-8-11-2-4-15-16(6-11)21-9-20-15/h2-7,10H,8-9,18H2,1H3/t10-/m1/s1. The third kappa shape index (κ3) is 3.14. The van der Waals surface area contributed by atoms with E-state index < -0.39 is 0 Å². The largest absolute Gasteiger partial charge is 0.488 e. The van der Waals surface area contributed by atoms with Gasteiger partial charge < -0.3 is 19.9 Å². The molecule has 0 saturated heterocycles. The molecule has 2 N–H and O–H groups in total. The second-order valence-corrected chi connectivity index (χ2v) is 5.81. The van der Waals surface area contributed by atoms with E-state index in [9.17, 15) is 0 Å². The van der Waals surface area contributed by atoms with Crippen molar-refractivity contribution in [2.24, 2.45) is 5.73 Å². The summed E-state index contributed by atoms with van der Waals surface area (Å²) in [7, 11) is 0. The number of ether oxygens (including phenoxy) is 3. The van der Waals surface area contributed by atoms with Crippen molar-refractivity contribution in [2.75, 3.05) is 6.79 Å². The van der Waals surface area contributed by atoms with E-state index in [1.807, 2.05) is 43.3 Å². The summed E-state index contributed by atoms with van der Waals surface area (Å²) in [5.41, 5.74) is 7.96. The number of nitrogens with two attached hydrogens (primary N) is 1. The molecule has 4 nitrogen and oxygen atoms in total. The molecule has 1 aliphatic rings. The molecule has 1 aliphatic heterocycles. The third-order valence-electron chi connectivity index (χ3n) is 3.31. The fourth-order valence-corrected chi connectivity index (χ4v) is 2.62. The van der Waals surface area contributed by atoms with Gasteiger partial charge in [0.1, 0.15) is 12.4 Å². The van der Waals surface area contributed by atoms with Gasteiger partial charge in [-0.1, -0.05) is 12.1 Å². The Balaban J connectivity index is 1.70. The lowest BCUT2D eigenvalue weighted by molar-refractivity contribution is 0.174. The number of rotatable bonds is 4. The second-order valence-electron chi connectivity index (χ2n) is 4.95. The molecule has 0 saturated carbocycles. The zero-order valence-electron chi connectivity index (χ0n) is 11.6. The minimum absolute atomic E-state index is 0.00390. The minimum atomic E-state index is 0.00390. The van der Waals surface area contributed by atoms with Crippen LogP contribution in [0.25, 0.3) is 0 Å². The SMILES string of the molecule is C[C@@H](N)c1ccc(OCc2ccc3c(c2)OCO3)c(Br)c1. The first-order valence-corrected chi connectivity index (χ1v) is 7.49. The molecular formula is C16H16BrNO3. The van der Waals surface area contributed by atoms with E-state index in [1.54, 1.807) is 0 Å². The maximum Gasteiger partial charge on any atom is 0.231 e. The van der Waals surface area contributed by atoms with Crippen LogP contribution < -0.4 is 19.9 Å². The first-order chi connectivity index (χ1) is 10.1. The van der Waals surface area contributed by atoms with E-state index in [4.69, 9.17) is 19.9 Å². The molecule has 0 fully saturated rings. The fraction of sp³-hybridized carbons (Fsp3) is 0.250. The van der Waals surface area contributed by atoms with Crippen molar-refractivity contribution >= 4 is 15.9 Å². The molecule has 0 bridgehead atoms. The maximum atomic E-state index is 5.86. The fourth-order valence-electron chi connectivity index (χ4n) is 2.11. The zero-order chi connectivity index (χ0) is 14.8. The van der Waals surface area contributed by atoms with Gasteiger partial charge in [-0.25, -0.2) is 0 Å². The topological polar surface area (TPSA) is 53.7 Å². The molecule has 0 spiro atoms. The van der Waals surface area contributed by atoms with Crippen LogP contribution in [0.5, 0.6) is 17.2 Å². The Kier molecular flexibility index (Phi) is 4.03. The summed E-state index contributed by atoms with van der Waals surface area (Å²) in [5, 5.41) is 0. The Morgan fingerprint density at radius 3 is 2.76 bits per heavy atom. The van der Waals surface area contributed by atoms with E-state index in [0.717, 1.165) is 32.8 Å². The Hall–Kier alpha value is -1.72. The van der Waals surface area contributed by atoms with Gasteiger partial charge in [-0.15, -0.1) is 0 Å². The number of hydrogen-bond donors (Lipinski definition) is 1. The van der Waals surface area contributed by atoms with Gasteiger partial charge in [0, 0.05) is 6.04 Å². The van der Waals surface area contributed by atoms with Crippen LogP contribution in [-0.2, 0) is 6.61 Å². The average molecular weight is 350 g/mol. The Labute approximate surface area is 131 Å². The van der Waals surface area contributed by atoms with Gasteiger partial charge in [-0.2, -0.15) is 0 Å². The van der Waals surface area contributed by atoms with Crippen molar-refractivity contribution in [3.05, 3.63) is 52.0 Å². The molecule has 1 heterocycles. The van der Waals surface area contributed by atoms with Gasteiger partial charge >= 0.3 is 0 Å². The molecule has 2 aromatic carbocycles. The van der Waals surface area contributed by atoms with Gasteiger partial charge in [0.05, 0.1) is 4.47 Å². The third-order valence-corrected chi connectivity index (χ3v) is 3.93. The van der Waals surface area contributed by atoms with Crippen LogP contribution in [0.1, 0.15) is 24.1 Å². The zero-order valence-corrected chi connectivity index (χ0v) is 13.2. The average Bonchev–Trinajstić information content (AvgIpc) is 2.93. The van der Waals surface area contributed by atoms with Gasteiger partial charge in [0.2, 0.25) is 6.79 Å². The van der Waals surface area contributed by atoms with Crippen LogP contribution in [0.4, 0.5) is 0 Å². The molecule has 0 aliphatic carbocycles. The Bertz CT molecular complexity index is 658. The van der Waals surface area contributed by atoms with Crippen molar-refractivity contribution < 1.29 is 14.2 Å². The lowest BCUT2D eigenvalue weighted by Gasteiger charge is -2.11. The molecule has 0 unspecified atom stereocenters. The summed E-state index contributed by atoms with van der Waals surface area (Å²) in [4.78, 5) is 0. The van der Waals surface area contributed by atoms with Gasteiger partial charge in [0.15, 0.2) is 11.5 Å². The summed E-state index contributed by atoms with van der Waals surface area (Å²) < 4.78 is 17.4. The van der Waals surface area contributed by atoms with Gasteiger partial charge in [-0.05, 0) is 58.2 Å². The normalized spacial score (nSPS) is 14.0. The second kappa shape index (κ2) is 5.95. The molecular weight excluding hydrogens is 334 g/mol. The van der Waals surface area contributed by atoms with Crippen LogP contribution in [0.15, 0.2) is 40.9 Å². The summed E-state index contributed by atoms with van der Waals surface area (Å²) in [6.45, 7) is 2.70. The summed E-state index contributed by atoms with van der Waals surface area (Å²) >= 11 is 3.51. The van der Waals surface area contributed by atoms with Crippen LogP contribution >= 0.6 is 15.9 Å². The quantitative estimate of drug-likeness (QED) is 0.912. The Morgan fingerprint density at radius 1 is 1.19 bits per heavy atom. The maximum absolute atomic E-state index is 5.86. The van der Waals surface area contributed by atoms with E-state index >= 15 is 0 Å². The molecule has 0 radical (unpaired) electrons. The summed E-state index contributed by atoms with van der Waals surface area (Å²) in [6, 6.07) is 11.7. The van der Waals surface area contributed by atoms with Crippen molar-refractivity contribution in [1.29, 1.82) is 0 Å².